The van der Waals surface area contributed by atoms with E-state index in [1.165, 1.54) is 25.7 Å². The first-order chi connectivity index (χ1) is 9.24. The first-order valence-electron chi connectivity index (χ1n) is 6.92. The summed E-state index contributed by atoms with van der Waals surface area (Å²) >= 11 is 5.36. The van der Waals surface area contributed by atoms with Gasteiger partial charge < -0.3 is 9.72 Å². The molecule has 2 aromatic heterocycles. The summed E-state index contributed by atoms with van der Waals surface area (Å²) in [4.78, 5) is 7.75. The van der Waals surface area contributed by atoms with Crippen LogP contribution >= 0.6 is 12.2 Å². The highest BCUT2D eigenvalue weighted by Gasteiger charge is 2.15. The van der Waals surface area contributed by atoms with E-state index in [2.05, 4.69) is 9.97 Å². The molecule has 0 unspecified atom stereocenters. The minimum Gasteiger partial charge on any atom is -0.376 e. The van der Waals surface area contributed by atoms with Crippen LogP contribution in [-0.2, 0) is 11.3 Å². The standard InChI is InChI=1S/C14H19N3OS/c1-10-6-7-12-13(15-10)17(14(19)16-12)8-9-18-11-4-2-3-5-11/h6-7,11H,2-5,8-9H2,1H3,(H,16,19). The van der Waals surface area contributed by atoms with E-state index < -0.39 is 0 Å². The average molecular weight is 277 g/mol. The normalized spacial score (nSPS) is 16.5. The molecule has 1 saturated carbocycles. The molecule has 1 N–H and O–H groups in total. The van der Waals surface area contributed by atoms with E-state index in [-0.39, 0.29) is 0 Å². The van der Waals surface area contributed by atoms with Crippen LogP contribution in [0, 0.1) is 11.7 Å². The van der Waals surface area contributed by atoms with Gasteiger partial charge in [-0.15, -0.1) is 0 Å². The zero-order valence-corrected chi connectivity index (χ0v) is 12.0. The smallest absolute Gasteiger partial charge is 0.179 e. The Morgan fingerprint density at radius 1 is 1.42 bits per heavy atom. The molecule has 1 aliphatic rings. The quantitative estimate of drug-likeness (QED) is 0.871. The largest absolute Gasteiger partial charge is 0.376 e. The molecule has 0 radical (unpaired) electrons. The first kappa shape index (κ1) is 12.8. The second kappa shape index (κ2) is 5.43. The second-order valence-electron chi connectivity index (χ2n) is 5.18. The van der Waals surface area contributed by atoms with Gasteiger partial charge in [-0.3, -0.25) is 4.57 Å². The summed E-state index contributed by atoms with van der Waals surface area (Å²) in [7, 11) is 0. The van der Waals surface area contributed by atoms with E-state index in [0.29, 0.717) is 12.7 Å². The highest BCUT2D eigenvalue weighted by Crippen LogP contribution is 2.21. The Kier molecular flexibility index (Phi) is 3.66. The van der Waals surface area contributed by atoms with Crippen LogP contribution in [0.5, 0.6) is 0 Å². The van der Waals surface area contributed by atoms with Crippen molar-refractivity contribution in [3.63, 3.8) is 0 Å². The second-order valence-corrected chi connectivity index (χ2v) is 5.57. The Bertz CT molecular complexity index is 625. The van der Waals surface area contributed by atoms with E-state index in [4.69, 9.17) is 17.0 Å². The molecule has 3 rings (SSSR count). The SMILES string of the molecule is Cc1ccc2[nH]c(=S)n(CCOC3CCCC3)c2n1. The molecule has 5 heteroatoms. The molecule has 2 aromatic rings. The van der Waals surface area contributed by atoms with Gasteiger partial charge in [-0.25, -0.2) is 4.98 Å². The van der Waals surface area contributed by atoms with E-state index >= 15 is 0 Å². The van der Waals surface area contributed by atoms with Crippen molar-refractivity contribution < 1.29 is 4.74 Å². The molecular weight excluding hydrogens is 258 g/mol. The van der Waals surface area contributed by atoms with Crippen molar-refractivity contribution in [2.45, 2.75) is 45.3 Å². The number of nitrogens with zero attached hydrogens (tertiary/aromatic N) is 2. The molecule has 19 heavy (non-hydrogen) atoms. The summed E-state index contributed by atoms with van der Waals surface area (Å²) in [5.74, 6) is 0. The number of aromatic amines is 1. The summed E-state index contributed by atoms with van der Waals surface area (Å²) in [6.45, 7) is 3.47. The fourth-order valence-electron chi connectivity index (χ4n) is 2.70. The molecule has 1 aliphatic carbocycles. The Labute approximate surface area is 117 Å². The Balaban J connectivity index is 1.74. The van der Waals surface area contributed by atoms with Gasteiger partial charge in [0.05, 0.1) is 24.8 Å². The van der Waals surface area contributed by atoms with Gasteiger partial charge >= 0.3 is 0 Å². The van der Waals surface area contributed by atoms with Crippen LogP contribution in [0.2, 0.25) is 0 Å². The fraction of sp³-hybridized carbons (Fsp3) is 0.571. The minimum atomic E-state index is 0.453. The highest BCUT2D eigenvalue weighted by molar-refractivity contribution is 7.71. The monoisotopic (exact) mass is 277 g/mol. The van der Waals surface area contributed by atoms with E-state index in [1.54, 1.807) is 0 Å². The molecule has 0 aromatic carbocycles. The number of pyridine rings is 1. The zero-order valence-electron chi connectivity index (χ0n) is 11.2. The van der Waals surface area contributed by atoms with Gasteiger partial charge in [0.1, 0.15) is 0 Å². The molecule has 0 atom stereocenters. The van der Waals surface area contributed by atoms with Crippen LogP contribution in [0.1, 0.15) is 31.4 Å². The average Bonchev–Trinajstić information content (AvgIpc) is 2.99. The van der Waals surface area contributed by atoms with Crippen LogP contribution < -0.4 is 0 Å². The Morgan fingerprint density at radius 3 is 3.00 bits per heavy atom. The van der Waals surface area contributed by atoms with Crippen molar-refractivity contribution in [1.29, 1.82) is 0 Å². The van der Waals surface area contributed by atoms with E-state index in [9.17, 15) is 0 Å². The number of hydrogen-bond donors (Lipinski definition) is 1. The van der Waals surface area contributed by atoms with Gasteiger partial charge in [-0.2, -0.15) is 0 Å². The lowest BCUT2D eigenvalue weighted by Gasteiger charge is -2.11. The fourth-order valence-corrected chi connectivity index (χ4v) is 2.99. The summed E-state index contributed by atoms with van der Waals surface area (Å²) < 4.78 is 8.66. The van der Waals surface area contributed by atoms with Gasteiger partial charge in [0.25, 0.3) is 0 Å². The van der Waals surface area contributed by atoms with Crippen LogP contribution in [0.25, 0.3) is 11.2 Å². The molecular formula is C14H19N3OS. The number of aromatic nitrogens is 3. The number of H-pyrrole nitrogens is 1. The predicted molar refractivity (Wildman–Crippen MR) is 77.9 cm³/mol. The lowest BCUT2D eigenvalue weighted by Crippen LogP contribution is -2.13. The first-order valence-corrected chi connectivity index (χ1v) is 7.32. The predicted octanol–water partition coefficient (Wildman–Crippen LogP) is 3.36. The van der Waals surface area contributed by atoms with E-state index in [1.807, 2.05) is 23.6 Å². The maximum absolute atomic E-state index is 5.90. The van der Waals surface area contributed by atoms with Crippen molar-refractivity contribution in [2.24, 2.45) is 0 Å². The molecule has 0 amide bonds. The summed E-state index contributed by atoms with van der Waals surface area (Å²) in [5, 5.41) is 0. The topological polar surface area (TPSA) is 42.8 Å². The van der Waals surface area contributed by atoms with Crippen molar-refractivity contribution in [3.05, 3.63) is 22.6 Å². The van der Waals surface area contributed by atoms with Crippen molar-refractivity contribution in [2.75, 3.05) is 6.61 Å². The molecule has 4 nitrogen and oxygen atoms in total. The number of rotatable bonds is 4. The lowest BCUT2D eigenvalue weighted by molar-refractivity contribution is 0.0532. The third-order valence-corrected chi connectivity index (χ3v) is 4.05. The number of imidazole rings is 1. The van der Waals surface area contributed by atoms with Crippen LogP contribution in [0.15, 0.2) is 12.1 Å². The molecule has 0 saturated heterocycles. The maximum atomic E-state index is 5.90. The van der Waals surface area contributed by atoms with Crippen molar-refractivity contribution in [1.82, 2.24) is 14.5 Å². The molecule has 1 fully saturated rings. The van der Waals surface area contributed by atoms with Gasteiger partial charge in [-0.1, -0.05) is 12.8 Å². The minimum absolute atomic E-state index is 0.453. The number of ether oxygens (including phenoxy) is 1. The maximum Gasteiger partial charge on any atom is 0.179 e. The molecule has 0 aliphatic heterocycles. The highest BCUT2D eigenvalue weighted by atomic mass is 32.1. The summed E-state index contributed by atoms with van der Waals surface area (Å²) in [6, 6.07) is 4.02. The number of hydrogen-bond acceptors (Lipinski definition) is 3. The summed E-state index contributed by atoms with van der Waals surface area (Å²) in [5.41, 5.74) is 2.93. The molecule has 2 heterocycles. The number of fused-ring (bicyclic) bond motifs is 1. The van der Waals surface area contributed by atoms with Crippen LogP contribution in [0.3, 0.4) is 0 Å². The van der Waals surface area contributed by atoms with Crippen molar-refractivity contribution in [3.8, 4) is 0 Å². The Morgan fingerprint density at radius 2 is 2.21 bits per heavy atom. The van der Waals surface area contributed by atoms with E-state index in [0.717, 1.165) is 28.2 Å². The summed E-state index contributed by atoms with van der Waals surface area (Å²) in [6.07, 6.45) is 5.47. The van der Waals surface area contributed by atoms with Gasteiger partial charge in [0.2, 0.25) is 0 Å². The van der Waals surface area contributed by atoms with Crippen LogP contribution in [0.4, 0.5) is 0 Å². The molecule has 0 spiro atoms. The van der Waals surface area contributed by atoms with Gasteiger partial charge in [0, 0.05) is 5.69 Å². The lowest BCUT2D eigenvalue weighted by atomic mass is 10.3. The third-order valence-electron chi connectivity index (χ3n) is 3.73. The Hall–Kier alpha value is -1.20. The number of aryl methyl sites for hydroxylation is 1. The van der Waals surface area contributed by atoms with Crippen LogP contribution in [-0.4, -0.2) is 27.2 Å². The molecule has 102 valence electrons. The van der Waals surface area contributed by atoms with Gasteiger partial charge in [0.15, 0.2) is 10.4 Å². The molecule has 0 bridgehead atoms. The zero-order chi connectivity index (χ0) is 13.2. The third kappa shape index (κ3) is 2.72. The van der Waals surface area contributed by atoms with Crippen molar-refractivity contribution >= 4 is 23.4 Å². The van der Waals surface area contributed by atoms with Gasteiger partial charge in [-0.05, 0) is 44.1 Å². The number of nitrogens with one attached hydrogen (secondary N) is 1.